The minimum absolute atomic E-state index is 0.00168. The SMILES string of the molecule is CN(CC1CCC1)CC1CCC(O)CC1. The van der Waals surface area contributed by atoms with Crippen LogP contribution in [0.3, 0.4) is 0 Å². The molecule has 0 spiro atoms. The quantitative estimate of drug-likeness (QED) is 0.771. The zero-order chi connectivity index (χ0) is 10.7. The highest BCUT2D eigenvalue weighted by Gasteiger charge is 2.23. The Kier molecular flexibility index (Phi) is 4.04. The van der Waals surface area contributed by atoms with Crippen LogP contribution in [0.2, 0.25) is 0 Å². The molecule has 0 atom stereocenters. The molecule has 88 valence electrons. The summed E-state index contributed by atoms with van der Waals surface area (Å²) in [7, 11) is 2.27. The Hall–Kier alpha value is -0.0800. The van der Waals surface area contributed by atoms with Gasteiger partial charge in [0.1, 0.15) is 0 Å². The fourth-order valence-electron chi connectivity index (χ4n) is 2.96. The monoisotopic (exact) mass is 211 g/mol. The minimum atomic E-state index is -0.00168. The smallest absolute Gasteiger partial charge is 0.0540 e. The van der Waals surface area contributed by atoms with Crippen LogP contribution >= 0.6 is 0 Å². The maximum atomic E-state index is 9.44. The van der Waals surface area contributed by atoms with E-state index in [1.165, 1.54) is 45.2 Å². The third-order valence-electron chi connectivity index (χ3n) is 4.18. The van der Waals surface area contributed by atoms with Crippen molar-refractivity contribution < 1.29 is 5.11 Å². The molecule has 2 fully saturated rings. The van der Waals surface area contributed by atoms with Gasteiger partial charge in [0.15, 0.2) is 0 Å². The number of hydrogen-bond donors (Lipinski definition) is 1. The van der Waals surface area contributed by atoms with Gasteiger partial charge in [-0.3, -0.25) is 0 Å². The molecule has 2 heteroatoms. The molecule has 0 amide bonds. The molecule has 2 rings (SSSR count). The normalized spacial score (nSPS) is 33.0. The summed E-state index contributed by atoms with van der Waals surface area (Å²) in [5, 5.41) is 9.44. The predicted octanol–water partition coefficient (Wildman–Crippen LogP) is 2.27. The van der Waals surface area contributed by atoms with E-state index in [2.05, 4.69) is 11.9 Å². The average molecular weight is 211 g/mol. The molecule has 0 radical (unpaired) electrons. The van der Waals surface area contributed by atoms with Crippen molar-refractivity contribution in [2.75, 3.05) is 20.1 Å². The van der Waals surface area contributed by atoms with Crippen molar-refractivity contribution in [3.8, 4) is 0 Å². The van der Waals surface area contributed by atoms with Gasteiger partial charge in [-0.1, -0.05) is 6.42 Å². The summed E-state index contributed by atoms with van der Waals surface area (Å²) in [5.74, 6) is 1.84. The van der Waals surface area contributed by atoms with Crippen molar-refractivity contribution in [3.63, 3.8) is 0 Å². The summed E-state index contributed by atoms with van der Waals surface area (Å²) in [6, 6.07) is 0. The topological polar surface area (TPSA) is 23.5 Å². The molecule has 0 aromatic rings. The van der Waals surface area contributed by atoms with Crippen molar-refractivity contribution in [3.05, 3.63) is 0 Å². The fraction of sp³-hybridized carbons (Fsp3) is 1.00. The second kappa shape index (κ2) is 5.31. The Labute approximate surface area is 93.7 Å². The molecule has 0 saturated heterocycles. The first-order valence-electron chi connectivity index (χ1n) is 6.60. The van der Waals surface area contributed by atoms with Gasteiger partial charge < -0.3 is 10.0 Å². The van der Waals surface area contributed by atoms with Crippen LogP contribution in [0.4, 0.5) is 0 Å². The number of aliphatic hydroxyl groups is 1. The highest BCUT2D eigenvalue weighted by molar-refractivity contribution is 4.77. The number of hydrogen-bond acceptors (Lipinski definition) is 2. The van der Waals surface area contributed by atoms with Crippen molar-refractivity contribution in [1.29, 1.82) is 0 Å². The van der Waals surface area contributed by atoms with Crippen LogP contribution in [0.25, 0.3) is 0 Å². The molecule has 1 N–H and O–H groups in total. The molecule has 2 aliphatic rings. The summed E-state index contributed by atoms with van der Waals surface area (Å²) in [4.78, 5) is 2.52. The van der Waals surface area contributed by atoms with Crippen molar-refractivity contribution in [1.82, 2.24) is 4.90 Å². The summed E-state index contributed by atoms with van der Waals surface area (Å²) < 4.78 is 0. The Morgan fingerprint density at radius 1 is 0.933 bits per heavy atom. The highest BCUT2D eigenvalue weighted by atomic mass is 16.3. The zero-order valence-electron chi connectivity index (χ0n) is 9.99. The first-order valence-corrected chi connectivity index (χ1v) is 6.60. The first kappa shape index (κ1) is 11.4. The lowest BCUT2D eigenvalue weighted by molar-refractivity contribution is 0.0920. The maximum absolute atomic E-state index is 9.44. The second-order valence-electron chi connectivity index (χ2n) is 5.69. The van der Waals surface area contributed by atoms with Gasteiger partial charge in [-0.05, 0) is 57.4 Å². The van der Waals surface area contributed by atoms with Gasteiger partial charge in [-0.25, -0.2) is 0 Å². The molecule has 2 nitrogen and oxygen atoms in total. The summed E-state index contributed by atoms with van der Waals surface area (Å²) >= 11 is 0. The van der Waals surface area contributed by atoms with Crippen LogP contribution < -0.4 is 0 Å². The first-order chi connectivity index (χ1) is 7.24. The molecule has 15 heavy (non-hydrogen) atoms. The van der Waals surface area contributed by atoms with Crippen LogP contribution in [0.15, 0.2) is 0 Å². The Morgan fingerprint density at radius 2 is 1.47 bits per heavy atom. The summed E-state index contributed by atoms with van der Waals surface area (Å²) in [6.45, 7) is 2.56. The molecule has 0 unspecified atom stereocenters. The standard InChI is InChI=1S/C13H25NO/c1-14(9-11-3-2-4-11)10-12-5-7-13(15)8-6-12/h11-13,15H,2-10H2,1H3. The van der Waals surface area contributed by atoms with Gasteiger partial charge in [0.25, 0.3) is 0 Å². The summed E-state index contributed by atoms with van der Waals surface area (Å²) in [6.07, 6.45) is 8.88. The van der Waals surface area contributed by atoms with E-state index in [1.54, 1.807) is 0 Å². The molecule has 0 heterocycles. The number of rotatable bonds is 4. The van der Waals surface area contributed by atoms with Gasteiger partial charge in [-0.15, -0.1) is 0 Å². The molecular weight excluding hydrogens is 186 g/mol. The van der Waals surface area contributed by atoms with E-state index < -0.39 is 0 Å². The molecule has 2 aliphatic carbocycles. The van der Waals surface area contributed by atoms with Gasteiger partial charge in [-0.2, -0.15) is 0 Å². The van der Waals surface area contributed by atoms with E-state index in [0.29, 0.717) is 0 Å². The van der Waals surface area contributed by atoms with E-state index in [4.69, 9.17) is 0 Å². The Morgan fingerprint density at radius 3 is 1.93 bits per heavy atom. The maximum Gasteiger partial charge on any atom is 0.0540 e. The molecular formula is C13H25NO. The van der Waals surface area contributed by atoms with Gasteiger partial charge in [0, 0.05) is 13.1 Å². The third kappa shape index (κ3) is 3.46. The van der Waals surface area contributed by atoms with Crippen molar-refractivity contribution in [2.24, 2.45) is 11.8 Å². The van der Waals surface area contributed by atoms with E-state index in [9.17, 15) is 5.11 Å². The van der Waals surface area contributed by atoms with Crippen LogP contribution in [0.5, 0.6) is 0 Å². The highest BCUT2D eigenvalue weighted by Crippen LogP contribution is 2.28. The predicted molar refractivity (Wildman–Crippen MR) is 62.8 cm³/mol. The minimum Gasteiger partial charge on any atom is -0.393 e. The number of nitrogens with zero attached hydrogens (tertiary/aromatic N) is 1. The van der Waals surface area contributed by atoms with Crippen LogP contribution in [0, 0.1) is 11.8 Å². The van der Waals surface area contributed by atoms with Crippen LogP contribution in [-0.4, -0.2) is 36.2 Å². The van der Waals surface area contributed by atoms with Crippen molar-refractivity contribution in [2.45, 2.75) is 51.0 Å². The van der Waals surface area contributed by atoms with Gasteiger partial charge in [0.05, 0.1) is 6.10 Å². The largest absolute Gasteiger partial charge is 0.393 e. The third-order valence-corrected chi connectivity index (χ3v) is 4.18. The molecule has 0 bridgehead atoms. The molecule has 0 aromatic heterocycles. The average Bonchev–Trinajstić information content (AvgIpc) is 2.16. The molecule has 0 aromatic carbocycles. The Bertz CT molecular complexity index is 183. The van der Waals surface area contributed by atoms with E-state index in [-0.39, 0.29) is 6.10 Å². The van der Waals surface area contributed by atoms with Gasteiger partial charge >= 0.3 is 0 Å². The summed E-state index contributed by atoms with van der Waals surface area (Å²) in [5.41, 5.74) is 0. The second-order valence-corrected chi connectivity index (χ2v) is 5.69. The van der Waals surface area contributed by atoms with E-state index >= 15 is 0 Å². The molecule has 2 saturated carbocycles. The lowest BCUT2D eigenvalue weighted by Crippen LogP contribution is -2.34. The van der Waals surface area contributed by atoms with Crippen molar-refractivity contribution >= 4 is 0 Å². The van der Waals surface area contributed by atoms with Crippen LogP contribution in [0.1, 0.15) is 44.9 Å². The van der Waals surface area contributed by atoms with E-state index in [1.807, 2.05) is 0 Å². The number of aliphatic hydroxyl groups excluding tert-OH is 1. The van der Waals surface area contributed by atoms with E-state index in [0.717, 1.165) is 24.7 Å². The van der Waals surface area contributed by atoms with Crippen LogP contribution in [-0.2, 0) is 0 Å². The van der Waals surface area contributed by atoms with Gasteiger partial charge in [0.2, 0.25) is 0 Å². The Balaban J connectivity index is 1.62. The zero-order valence-corrected chi connectivity index (χ0v) is 9.99. The lowest BCUT2D eigenvalue weighted by atomic mass is 9.84. The lowest BCUT2D eigenvalue weighted by Gasteiger charge is -2.33. The fourth-order valence-corrected chi connectivity index (χ4v) is 2.96. The molecule has 0 aliphatic heterocycles.